The Morgan fingerprint density at radius 2 is 1.93 bits per heavy atom. The minimum Gasteiger partial charge on any atom is -0.129 e. The highest BCUT2D eigenvalue weighted by atomic mass is 32.2. The van der Waals surface area contributed by atoms with Crippen LogP contribution in [0.1, 0.15) is 19.4 Å². The minimum absolute atomic E-state index is 1.09. The van der Waals surface area contributed by atoms with Gasteiger partial charge in [-0.3, -0.25) is 0 Å². The molecule has 0 saturated carbocycles. The van der Waals surface area contributed by atoms with Gasteiger partial charge in [0, 0.05) is 4.90 Å². The summed E-state index contributed by atoms with van der Waals surface area (Å²) in [5.74, 6) is 0. The number of rotatable bonds is 3. The zero-order valence-corrected chi connectivity index (χ0v) is 9.82. The van der Waals surface area contributed by atoms with Gasteiger partial charge in [-0.05, 0) is 37.3 Å². The molecule has 0 heterocycles. The van der Waals surface area contributed by atoms with Crippen LogP contribution in [-0.4, -0.2) is 6.26 Å². The third-order valence-electron chi connectivity index (χ3n) is 1.92. The van der Waals surface area contributed by atoms with E-state index in [2.05, 4.69) is 57.0 Å². The summed E-state index contributed by atoms with van der Waals surface area (Å²) in [6.07, 6.45) is 4.21. The van der Waals surface area contributed by atoms with E-state index in [4.69, 9.17) is 0 Å². The average Bonchev–Trinajstić information content (AvgIpc) is 2.16. The lowest BCUT2D eigenvalue weighted by atomic mass is 10.1. The number of allylic oxidation sites excluding steroid dienone is 3. The van der Waals surface area contributed by atoms with Crippen LogP contribution in [0.4, 0.5) is 0 Å². The van der Waals surface area contributed by atoms with Crippen molar-refractivity contribution in [3.8, 4) is 0 Å². The highest BCUT2D eigenvalue weighted by Crippen LogP contribution is 2.26. The Bertz CT molecular complexity index is 357. The van der Waals surface area contributed by atoms with E-state index in [0.29, 0.717) is 0 Å². The predicted octanol–water partition coefficient (Wildman–Crippen LogP) is 4.39. The lowest BCUT2D eigenvalue weighted by Crippen LogP contribution is -1.83. The van der Waals surface area contributed by atoms with Crippen molar-refractivity contribution in [2.45, 2.75) is 18.7 Å². The summed E-state index contributed by atoms with van der Waals surface area (Å²) in [6, 6.07) is 8.36. The second-order valence-corrected chi connectivity index (χ2v) is 4.30. The molecule has 14 heavy (non-hydrogen) atoms. The van der Waals surface area contributed by atoms with Crippen molar-refractivity contribution in [1.82, 2.24) is 0 Å². The van der Waals surface area contributed by atoms with Gasteiger partial charge >= 0.3 is 0 Å². The Kier molecular flexibility index (Phi) is 4.02. The Morgan fingerprint density at radius 1 is 1.29 bits per heavy atom. The fourth-order valence-electron chi connectivity index (χ4n) is 1.34. The normalized spacial score (nSPS) is 9.64. The number of thioether (sulfide) groups is 1. The Morgan fingerprint density at radius 3 is 2.50 bits per heavy atom. The van der Waals surface area contributed by atoms with E-state index in [9.17, 15) is 0 Å². The van der Waals surface area contributed by atoms with Gasteiger partial charge < -0.3 is 0 Å². The van der Waals surface area contributed by atoms with Crippen molar-refractivity contribution in [2.24, 2.45) is 0 Å². The third-order valence-corrected chi connectivity index (χ3v) is 2.71. The van der Waals surface area contributed by atoms with Gasteiger partial charge in [-0.2, -0.15) is 0 Å². The summed E-state index contributed by atoms with van der Waals surface area (Å²) in [7, 11) is 0. The van der Waals surface area contributed by atoms with E-state index in [1.54, 1.807) is 11.8 Å². The Balaban J connectivity index is 3.06. The van der Waals surface area contributed by atoms with E-state index in [0.717, 1.165) is 5.57 Å². The van der Waals surface area contributed by atoms with E-state index in [1.807, 2.05) is 0 Å². The summed E-state index contributed by atoms with van der Waals surface area (Å²) in [5, 5.41) is 0. The molecule has 0 aliphatic carbocycles. The van der Waals surface area contributed by atoms with Crippen molar-refractivity contribution in [1.29, 1.82) is 0 Å². The van der Waals surface area contributed by atoms with E-state index in [1.165, 1.54) is 16.0 Å². The molecule has 0 radical (unpaired) electrons. The van der Waals surface area contributed by atoms with Crippen LogP contribution < -0.4 is 0 Å². The maximum atomic E-state index is 4.08. The first-order valence-electron chi connectivity index (χ1n) is 4.62. The molecule has 1 aromatic carbocycles. The summed E-state index contributed by atoms with van der Waals surface area (Å²) >= 11 is 1.76. The molecule has 0 aromatic heterocycles. The highest BCUT2D eigenvalue weighted by Gasteiger charge is 2.01. The Hall–Kier alpha value is -0.950. The van der Waals surface area contributed by atoms with Crippen LogP contribution in [0.5, 0.6) is 0 Å². The van der Waals surface area contributed by atoms with Crippen LogP contribution in [0.3, 0.4) is 0 Å². The molecule has 0 fully saturated rings. The zero-order chi connectivity index (χ0) is 10.6. The Labute approximate surface area is 90.7 Å². The molecule has 1 heteroatoms. The van der Waals surface area contributed by atoms with E-state index in [-0.39, 0.29) is 0 Å². The van der Waals surface area contributed by atoms with Crippen LogP contribution in [0.15, 0.2) is 47.4 Å². The first-order chi connectivity index (χ1) is 6.65. The quantitative estimate of drug-likeness (QED) is 0.520. The molecule has 1 rings (SSSR count). The van der Waals surface area contributed by atoms with Gasteiger partial charge in [0.25, 0.3) is 0 Å². The number of hydrogen-bond acceptors (Lipinski definition) is 1. The summed E-state index contributed by atoms with van der Waals surface area (Å²) in [6.45, 7) is 8.26. The molecule has 0 aliphatic heterocycles. The van der Waals surface area contributed by atoms with Crippen LogP contribution in [-0.2, 0) is 0 Å². The monoisotopic (exact) mass is 204 g/mol. The van der Waals surface area contributed by atoms with Gasteiger partial charge in [0.2, 0.25) is 0 Å². The van der Waals surface area contributed by atoms with Crippen molar-refractivity contribution in [3.63, 3.8) is 0 Å². The van der Waals surface area contributed by atoms with Crippen LogP contribution in [0.2, 0.25) is 0 Å². The summed E-state index contributed by atoms with van der Waals surface area (Å²) in [5.41, 5.74) is 3.61. The topological polar surface area (TPSA) is 0 Å². The van der Waals surface area contributed by atoms with Gasteiger partial charge in [-0.25, -0.2) is 0 Å². The van der Waals surface area contributed by atoms with Crippen LogP contribution in [0.25, 0.3) is 5.57 Å². The molecular weight excluding hydrogens is 188 g/mol. The fourth-order valence-corrected chi connectivity index (χ4v) is 1.97. The van der Waals surface area contributed by atoms with Gasteiger partial charge in [0.15, 0.2) is 0 Å². The van der Waals surface area contributed by atoms with Gasteiger partial charge in [-0.1, -0.05) is 36.4 Å². The second kappa shape index (κ2) is 5.06. The number of benzene rings is 1. The summed E-state index contributed by atoms with van der Waals surface area (Å²) < 4.78 is 0. The van der Waals surface area contributed by atoms with Crippen molar-refractivity contribution in [3.05, 3.63) is 48.1 Å². The van der Waals surface area contributed by atoms with Gasteiger partial charge in [0.1, 0.15) is 0 Å². The van der Waals surface area contributed by atoms with Crippen molar-refractivity contribution < 1.29 is 0 Å². The van der Waals surface area contributed by atoms with Crippen LogP contribution >= 0.6 is 11.8 Å². The molecule has 0 unspecified atom stereocenters. The highest BCUT2D eigenvalue weighted by molar-refractivity contribution is 7.98. The maximum Gasteiger partial charge on any atom is 0.0147 e. The van der Waals surface area contributed by atoms with Gasteiger partial charge in [-0.15, -0.1) is 11.8 Å². The minimum atomic E-state index is 1.09. The molecule has 0 N–H and O–H groups in total. The predicted molar refractivity (Wildman–Crippen MR) is 66.7 cm³/mol. The SMILES string of the molecule is C=C(C=C(C)C)c1ccccc1SC. The van der Waals surface area contributed by atoms with E-state index < -0.39 is 0 Å². The van der Waals surface area contributed by atoms with Crippen molar-refractivity contribution in [2.75, 3.05) is 6.26 Å². The van der Waals surface area contributed by atoms with Crippen molar-refractivity contribution >= 4 is 17.3 Å². The third kappa shape index (κ3) is 2.78. The maximum absolute atomic E-state index is 4.08. The smallest absolute Gasteiger partial charge is 0.0147 e. The molecule has 0 spiro atoms. The molecule has 0 amide bonds. The first kappa shape index (κ1) is 11.1. The second-order valence-electron chi connectivity index (χ2n) is 3.45. The number of hydrogen-bond donors (Lipinski definition) is 0. The molecule has 1 aromatic rings. The van der Waals surface area contributed by atoms with Gasteiger partial charge in [0.05, 0.1) is 0 Å². The standard InChI is InChI=1S/C13H16S/c1-10(2)9-11(3)12-7-5-6-8-13(12)14-4/h5-9H,3H2,1-2,4H3. The van der Waals surface area contributed by atoms with E-state index >= 15 is 0 Å². The fraction of sp³-hybridized carbons (Fsp3) is 0.231. The largest absolute Gasteiger partial charge is 0.129 e. The molecular formula is C13H16S. The first-order valence-corrected chi connectivity index (χ1v) is 5.85. The molecule has 74 valence electrons. The summed E-state index contributed by atoms with van der Waals surface area (Å²) in [4.78, 5) is 1.29. The molecule has 0 nitrogen and oxygen atoms in total. The zero-order valence-electron chi connectivity index (χ0n) is 9.00. The lowest BCUT2D eigenvalue weighted by molar-refractivity contribution is 1.37. The lowest BCUT2D eigenvalue weighted by Gasteiger charge is -2.06. The van der Waals surface area contributed by atoms with Crippen LogP contribution in [0, 0.1) is 0 Å². The molecule has 0 bridgehead atoms. The average molecular weight is 204 g/mol. The molecule has 0 saturated heterocycles. The molecule has 0 aliphatic rings. The molecule has 0 atom stereocenters.